The highest BCUT2D eigenvalue weighted by Gasteiger charge is 2.39. The zero-order valence-electron chi connectivity index (χ0n) is 13.8. The lowest BCUT2D eigenvalue weighted by Gasteiger charge is -2.26. The van der Waals surface area contributed by atoms with Crippen LogP contribution in [0.1, 0.15) is 29.9 Å². The second-order valence-corrected chi connectivity index (χ2v) is 5.52. The van der Waals surface area contributed by atoms with Crippen LogP contribution in [0.2, 0.25) is 0 Å². The van der Waals surface area contributed by atoms with Crippen molar-refractivity contribution in [3.63, 3.8) is 0 Å². The van der Waals surface area contributed by atoms with E-state index in [0.29, 0.717) is 5.56 Å². The molecule has 1 aliphatic rings. The minimum Gasteiger partial charge on any atom is -0.462 e. The Kier molecular flexibility index (Phi) is 4.77. The van der Waals surface area contributed by atoms with E-state index in [1.807, 2.05) is 0 Å². The average Bonchev–Trinajstić information content (AvgIpc) is 2.61. The summed E-state index contributed by atoms with van der Waals surface area (Å²) in [7, 11) is 0. The fraction of sp³-hybridized carbons (Fsp3) is 0.222. The van der Waals surface area contributed by atoms with Crippen LogP contribution in [0.15, 0.2) is 51.0 Å². The molecular formula is C18H16FNO6. The van der Waals surface area contributed by atoms with Crippen LogP contribution in [0.4, 0.5) is 4.39 Å². The molecule has 0 spiro atoms. The van der Waals surface area contributed by atoms with Gasteiger partial charge in [0.05, 0.1) is 12.5 Å². The minimum atomic E-state index is -1.02. The summed E-state index contributed by atoms with van der Waals surface area (Å²) in [5, 5.41) is 9.31. The topological polar surface area (TPSA) is 112 Å². The number of hydrogen-bond donors (Lipinski definition) is 2. The molecule has 3 N–H and O–H groups in total. The number of aliphatic hydroxyl groups is 1. The quantitative estimate of drug-likeness (QED) is 0.794. The number of ether oxygens (including phenoxy) is 2. The van der Waals surface area contributed by atoms with Gasteiger partial charge in [0.15, 0.2) is 5.76 Å². The Morgan fingerprint density at radius 1 is 1.38 bits per heavy atom. The van der Waals surface area contributed by atoms with Crippen LogP contribution in [-0.2, 0) is 16.1 Å². The SMILES string of the molecule is CCOC(=O)C1=C(N)Oc2c(oc(CO)cc2=O)[C@H]1c1cccc(F)c1. The molecule has 0 saturated heterocycles. The molecule has 1 aromatic heterocycles. The van der Waals surface area contributed by atoms with Crippen molar-refractivity contribution in [1.29, 1.82) is 0 Å². The van der Waals surface area contributed by atoms with Gasteiger partial charge in [-0.15, -0.1) is 0 Å². The third-order valence-electron chi connectivity index (χ3n) is 3.84. The summed E-state index contributed by atoms with van der Waals surface area (Å²) in [4.78, 5) is 24.7. The van der Waals surface area contributed by atoms with Gasteiger partial charge in [-0.05, 0) is 24.6 Å². The third-order valence-corrected chi connectivity index (χ3v) is 3.84. The fourth-order valence-corrected chi connectivity index (χ4v) is 2.79. The van der Waals surface area contributed by atoms with E-state index in [1.54, 1.807) is 13.0 Å². The van der Waals surface area contributed by atoms with Crippen LogP contribution in [0, 0.1) is 5.82 Å². The van der Waals surface area contributed by atoms with Crippen LogP contribution in [-0.4, -0.2) is 17.7 Å². The largest absolute Gasteiger partial charge is 0.462 e. The Balaban J connectivity index is 2.28. The number of carbonyl (C=O) groups is 1. The number of nitrogens with two attached hydrogens (primary N) is 1. The summed E-state index contributed by atoms with van der Waals surface area (Å²) >= 11 is 0. The monoisotopic (exact) mass is 361 g/mol. The van der Waals surface area contributed by atoms with E-state index < -0.39 is 29.7 Å². The van der Waals surface area contributed by atoms with E-state index in [1.165, 1.54) is 18.2 Å². The zero-order valence-corrected chi connectivity index (χ0v) is 13.8. The van der Waals surface area contributed by atoms with Crippen molar-refractivity contribution < 1.29 is 28.2 Å². The number of esters is 1. The lowest BCUT2D eigenvalue weighted by atomic mass is 9.86. The van der Waals surface area contributed by atoms with Crippen molar-refractivity contribution >= 4 is 5.97 Å². The van der Waals surface area contributed by atoms with Crippen molar-refractivity contribution in [2.45, 2.75) is 19.4 Å². The Morgan fingerprint density at radius 2 is 2.15 bits per heavy atom. The molecule has 2 heterocycles. The number of carbonyl (C=O) groups excluding carboxylic acids is 1. The van der Waals surface area contributed by atoms with Gasteiger partial charge >= 0.3 is 5.97 Å². The number of hydrogen-bond acceptors (Lipinski definition) is 7. The highest BCUT2D eigenvalue weighted by atomic mass is 19.1. The van der Waals surface area contributed by atoms with Crippen molar-refractivity contribution in [1.82, 2.24) is 0 Å². The first-order chi connectivity index (χ1) is 12.5. The molecule has 0 aliphatic carbocycles. The van der Waals surface area contributed by atoms with Gasteiger partial charge in [-0.1, -0.05) is 12.1 Å². The molecule has 0 radical (unpaired) electrons. The zero-order chi connectivity index (χ0) is 18.8. The second kappa shape index (κ2) is 7.01. The second-order valence-electron chi connectivity index (χ2n) is 5.52. The van der Waals surface area contributed by atoms with Crippen LogP contribution in [0.5, 0.6) is 5.75 Å². The molecule has 1 aromatic carbocycles. The lowest BCUT2D eigenvalue weighted by molar-refractivity contribution is -0.139. The van der Waals surface area contributed by atoms with Crippen molar-refractivity contribution in [3.05, 3.63) is 74.9 Å². The summed E-state index contributed by atoms with van der Waals surface area (Å²) in [6.07, 6.45) is 0. The van der Waals surface area contributed by atoms with Crippen molar-refractivity contribution in [2.75, 3.05) is 6.61 Å². The molecule has 0 amide bonds. The number of aliphatic hydroxyl groups excluding tert-OH is 1. The Labute approximate surface area is 147 Å². The molecule has 1 atom stereocenters. The third kappa shape index (κ3) is 3.06. The summed E-state index contributed by atoms with van der Waals surface area (Å²) in [6.45, 7) is 1.17. The van der Waals surface area contributed by atoms with Crippen molar-refractivity contribution in [2.24, 2.45) is 5.73 Å². The van der Waals surface area contributed by atoms with E-state index in [9.17, 15) is 19.1 Å². The van der Waals surface area contributed by atoms with Gasteiger partial charge in [0.1, 0.15) is 23.8 Å². The molecule has 26 heavy (non-hydrogen) atoms. The maximum atomic E-state index is 13.8. The molecule has 7 nitrogen and oxygen atoms in total. The highest BCUT2D eigenvalue weighted by molar-refractivity contribution is 5.92. The molecule has 2 aromatic rings. The maximum absolute atomic E-state index is 13.8. The Hall–Kier alpha value is -3.13. The summed E-state index contributed by atoms with van der Waals surface area (Å²) < 4.78 is 29.6. The highest BCUT2D eigenvalue weighted by Crippen LogP contribution is 2.41. The number of fused-ring (bicyclic) bond motifs is 1. The standard InChI is InChI=1S/C18H16FNO6/c1-2-24-18(23)14-13(9-4-3-5-10(19)6-9)16-15(26-17(14)20)12(22)7-11(8-21)25-16/h3-7,13,21H,2,8,20H2,1H3/t13-/m0/s1. The summed E-state index contributed by atoms with van der Waals surface area (Å²) in [5.74, 6) is -2.96. The first kappa shape index (κ1) is 17.7. The van der Waals surface area contributed by atoms with Crippen LogP contribution < -0.4 is 15.9 Å². The Bertz CT molecular complexity index is 949. The van der Waals surface area contributed by atoms with Gasteiger partial charge < -0.3 is 24.7 Å². The number of rotatable bonds is 4. The molecule has 0 unspecified atom stereocenters. The molecule has 8 heteroatoms. The summed E-state index contributed by atoms with van der Waals surface area (Å²) in [6, 6.07) is 6.50. The van der Waals surface area contributed by atoms with E-state index in [2.05, 4.69) is 0 Å². The van der Waals surface area contributed by atoms with E-state index in [4.69, 9.17) is 19.6 Å². The maximum Gasteiger partial charge on any atom is 0.340 e. The summed E-state index contributed by atoms with van der Waals surface area (Å²) in [5.41, 5.74) is 5.49. The van der Waals surface area contributed by atoms with Gasteiger partial charge in [0.25, 0.3) is 0 Å². The molecule has 0 bridgehead atoms. The van der Waals surface area contributed by atoms with Crippen molar-refractivity contribution in [3.8, 4) is 5.75 Å². The fourth-order valence-electron chi connectivity index (χ4n) is 2.79. The average molecular weight is 361 g/mol. The number of halogens is 1. The minimum absolute atomic E-state index is 0.0255. The van der Waals surface area contributed by atoms with Crippen LogP contribution in [0.25, 0.3) is 0 Å². The lowest BCUT2D eigenvalue weighted by Crippen LogP contribution is -2.30. The predicted molar refractivity (Wildman–Crippen MR) is 87.6 cm³/mol. The molecule has 1 aliphatic heterocycles. The van der Waals surface area contributed by atoms with E-state index in [-0.39, 0.29) is 35.3 Å². The van der Waals surface area contributed by atoms with Gasteiger partial charge in [0, 0.05) is 6.07 Å². The van der Waals surface area contributed by atoms with E-state index in [0.717, 1.165) is 6.07 Å². The van der Waals surface area contributed by atoms with Gasteiger partial charge in [-0.3, -0.25) is 4.79 Å². The van der Waals surface area contributed by atoms with Gasteiger partial charge in [0.2, 0.25) is 17.1 Å². The van der Waals surface area contributed by atoms with Gasteiger partial charge in [-0.2, -0.15) is 0 Å². The first-order valence-electron chi connectivity index (χ1n) is 7.84. The van der Waals surface area contributed by atoms with Gasteiger partial charge in [-0.25, -0.2) is 9.18 Å². The first-order valence-corrected chi connectivity index (χ1v) is 7.84. The number of benzene rings is 1. The molecule has 136 valence electrons. The molecule has 0 fully saturated rings. The van der Waals surface area contributed by atoms with Crippen LogP contribution in [0.3, 0.4) is 0 Å². The molecular weight excluding hydrogens is 345 g/mol. The van der Waals surface area contributed by atoms with E-state index >= 15 is 0 Å². The molecule has 3 rings (SSSR count). The Morgan fingerprint density at radius 3 is 2.81 bits per heavy atom. The molecule has 0 saturated carbocycles. The predicted octanol–water partition coefficient (Wildman–Crippen LogP) is 1.53. The normalized spacial score (nSPS) is 16.0. The van der Waals surface area contributed by atoms with Crippen LogP contribution >= 0.6 is 0 Å². The smallest absolute Gasteiger partial charge is 0.340 e.